The van der Waals surface area contributed by atoms with Gasteiger partial charge in [-0.1, -0.05) is 25.5 Å². The average Bonchev–Trinajstić information content (AvgIpc) is 2.63. The van der Waals surface area contributed by atoms with E-state index < -0.39 is 0 Å². The van der Waals surface area contributed by atoms with Crippen LogP contribution in [0.5, 0.6) is 5.75 Å². The molecule has 1 saturated heterocycles. The topological polar surface area (TPSA) is 38.3 Å². The smallest absolute Gasteiger partial charge is 0.220 e. The summed E-state index contributed by atoms with van der Waals surface area (Å²) in [5.74, 6) is 1.07. The van der Waals surface area contributed by atoms with Crippen molar-refractivity contribution < 1.29 is 9.53 Å². The molecule has 1 aromatic carbocycles. The van der Waals surface area contributed by atoms with E-state index in [-0.39, 0.29) is 11.3 Å². The van der Waals surface area contributed by atoms with E-state index in [1.807, 2.05) is 12.1 Å². The molecule has 1 amide bonds. The van der Waals surface area contributed by atoms with Gasteiger partial charge in [0, 0.05) is 18.4 Å². The molecule has 0 saturated carbocycles. The summed E-state index contributed by atoms with van der Waals surface area (Å²) in [4.78, 5) is 11.6. The highest BCUT2D eigenvalue weighted by molar-refractivity contribution is 5.76. The van der Waals surface area contributed by atoms with Gasteiger partial charge in [0.05, 0.1) is 7.11 Å². The summed E-state index contributed by atoms with van der Waals surface area (Å²) in [7, 11) is 1.69. The summed E-state index contributed by atoms with van der Waals surface area (Å²) in [6.45, 7) is 2.95. The Morgan fingerprint density at radius 3 is 3.00 bits per heavy atom. The fourth-order valence-corrected chi connectivity index (χ4v) is 3.07. The van der Waals surface area contributed by atoms with Gasteiger partial charge in [-0.2, -0.15) is 0 Å². The van der Waals surface area contributed by atoms with Crippen LogP contribution in [0.25, 0.3) is 0 Å². The molecule has 0 aromatic heterocycles. The van der Waals surface area contributed by atoms with Gasteiger partial charge in [0.2, 0.25) is 5.91 Å². The third kappa shape index (κ3) is 3.09. The first-order valence-corrected chi connectivity index (χ1v) is 7.11. The van der Waals surface area contributed by atoms with Gasteiger partial charge in [-0.3, -0.25) is 4.79 Å². The second-order valence-electron chi connectivity index (χ2n) is 5.39. The highest BCUT2D eigenvalue weighted by Crippen LogP contribution is 2.37. The number of methoxy groups -OCH3 is 1. The van der Waals surface area contributed by atoms with Crippen LogP contribution in [0.15, 0.2) is 24.3 Å². The molecule has 3 heteroatoms. The lowest BCUT2D eigenvalue weighted by molar-refractivity contribution is -0.120. The van der Waals surface area contributed by atoms with Crippen molar-refractivity contribution >= 4 is 5.91 Å². The third-order valence-corrected chi connectivity index (χ3v) is 4.09. The zero-order chi connectivity index (χ0) is 13.7. The molecule has 3 nitrogen and oxygen atoms in total. The number of nitrogens with one attached hydrogen (secondary N) is 1. The Hall–Kier alpha value is -1.51. The Balaban J connectivity index is 2.33. The molecular formula is C16H23NO2. The maximum absolute atomic E-state index is 11.6. The monoisotopic (exact) mass is 261 g/mol. The molecule has 104 valence electrons. The van der Waals surface area contributed by atoms with E-state index in [4.69, 9.17) is 4.74 Å². The molecule has 0 aliphatic carbocycles. The molecule has 1 N–H and O–H groups in total. The van der Waals surface area contributed by atoms with Crippen LogP contribution in [-0.2, 0) is 10.2 Å². The van der Waals surface area contributed by atoms with Crippen molar-refractivity contribution in [2.24, 2.45) is 0 Å². The van der Waals surface area contributed by atoms with Gasteiger partial charge in [-0.15, -0.1) is 0 Å². The largest absolute Gasteiger partial charge is 0.497 e. The first-order valence-electron chi connectivity index (χ1n) is 7.11. The molecule has 1 atom stereocenters. The average molecular weight is 261 g/mol. The van der Waals surface area contributed by atoms with Crippen LogP contribution in [0, 0.1) is 0 Å². The van der Waals surface area contributed by atoms with E-state index in [0.717, 1.165) is 38.0 Å². The van der Waals surface area contributed by atoms with Crippen molar-refractivity contribution in [3.8, 4) is 5.75 Å². The van der Waals surface area contributed by atoms with Crippen molar-refractivity contribution in [2.75, 3.05) is 13.7 Å². The summed E-state index contributed by atoms with van der Waals surface area (Å²) >= 11 is 0. The first kappa shape index (κ1) is 13.9. The number of hydrogen-bond donors (Lipinski definition) is 1. The Morgan fingerprint density at radius 1 is 1.42 bits per heavy atom. The second kappa shape index (κ2) is 6.09. The van der Waals surface area contributed by atoms with Crippen LogP contribution in [-0.4, -0.2) is 19.6 Å². The summed E-state index contributed by atoms with van der Waals surface area (Å²) in [5, 5.41) is 3.08. The van der Waals surface area contributed by atoms with Gasteiger partial charge >= 0.3 is 0 Å². The number of amides is 1. The Morgan fingerprint density at radius 2 is 2.26 bits per heavy atom. The lowest BCUT2D eigenvalue weighted by atomic mass is 9.73. The van der Waals surface area contributed by atoms with E-state index >= 15 is 0 Å². The highest BCUT2D eigenvalue weighted by atomic mass is 16.5. The van der Waals surface area contributed by atoms with Crippen molar-refractivity contribution in [3.63, 3.8) is 0 Å². The molecule has 0 spiro atoms. The summed E-state index contributed by atoms with van der Waals surface area (Å²) < 4.78 is 5.33. The van der Waals surface area contributed by atoms with Gasteiger partial charge in [-0.25, -0.2) is 0 Å². The van der Waals surface area contributed by atoms with Crippen molar-refractivity contribution in [3.05, 3.63) is 29.8 Å². The predicted octanol–water partition coefficient (Wildman–Crippen LogP) is 3.03. The van der Waals surface area contributed by atoms with Gasteiger partial charge in [-0.05, 0) is 37.0 Å². The van der Waals surface area contributed by atoms with Crippen molar-refractivity contribution in [1.82, 2.24) is 5.32 Å². The maximum atomic E-state index is 11.6. The number of rotatable bonds is 4. The summed E-state index contributed by atoms with van der Waals surface area (Å²) in [6.07, 6.45) is 4.89. The van der Waals surface area contributed by atoms with Crippen LogP contribution >= 0.6 is 0 Å². The van der Waals surface area contributed by atoms with E-state index in [1.54, 1.807) is 7.11 Å². The van der Waals surface area contributed by atoms with Gasteiger partial charge in [0.1, 0.15) is 5.75 Å². The summed E-state index contributed by atoms with van der Waals surface area (Å²) in [6, 6.07) is 8.29. The van der Waals surface area contributed by atoms with Gasteiger partial charge in [0.25, 0.3) is 0 Å². The van der Waals surface area contributed by atoms with E-state index in [9.17, 15) is 4.79 Å². The maximum Gasteiger partial charge on any atom is 0.220 e. The number of ether oxygens (including phenoxy) is 1. The van der Waals surface area contributed by atoms with Crippen LogP contribution in [0.4, 0.5) is 0 Å². The summed E-state index contributed by atoms with van der Waals surface area (Å²) in [5.41, 5.74) is 1.35. The molecule has 1 fully saturated rings. The third-order valence-electron chi connectivity index (χ3n) is 4.09. The second-order valence-corrected chi connectivity index (χ2v) is 5.39. The van der Waals surface area contributed by atoms with Crippen molar-refractivity contribution in [1.29, 1.82) is 0 Å². The Bertz CT molecular complexity index is 444. The number of carbonyl (C=O) groups excluding carboxylic acids is 1. The van der Waals surface area contributed by atoms with Crippen LogP contribution in [0.3, 0.4) is 0 Å². The Kier molecular flexibility index (Phi) is 4.46. The SMILES string of the molecule is CCCC1(c2cccc(OC)c2)CCCC(=O)NC1. The lowest BCUT2D eigenvalue weighted by Gasteiger charge is -2.33. The zero-order valence-electron chi connectivity index (χ0n) is 11.9. The molecule has 1 aliphatic rings. The van der Waals surface area contributed by atoms with E-state index in [0.29, 0.717) is 6.42 Å². The van der Waals surface area contributed by atoms with Crippen LogP contribution in [0.1, 0.15) is 44.6 Å². The first-order chi connectivity index (χ1) is 9.20. The van der Waals surface area contributed by atoms with Gasteiger partial charge < -0.3 is 10.1 Å². The normalized spacial score (nSPS) is 23.6. The lowest BCUT2D eigenvalue weighted by Crippen LogP contribution is -2.38. The fourth-order valence-electron chi connectivity index (χ4n) is 3.07. The van der Waals surface area contributed by atoms with E-state index in [2.05, 4.69) is 24.4 Å². The number of benzene rings is 1. The minimum Gasteiger partial charge on any atom is -0.497 e. The molecule has 2 rings (SSSR count). The highest BCUT2D eigenvalue weighted by Gasteiger charge is 2.33. The molecular weight excluding hydrogens is 238 g/mol. The van der Waals surface area contributed by atoms with E-state index in [1.165, 1.54) is 5.56 Å². The zero-order valence-corrected chi connectivity index (χ0v) is 11.9. The molecule has 0 bridgehead atoms. The number of hydrogen-bond acceptors (Lipinski definition) is 2. The predicted molar refractivity (Wildman–Crippen MR) is 76.4 cm³/mol. The molecule has 19 heavy (non-hydrogen) atoms. The fraction of sp³-hybridized carbons (Fsp3) is 0.562. The minimum absolute atomic E-state index is 0.0649. The van der Waals surface area contributed by atoms with Gasteiger partial charge in [0.15, 0.2) is 0 Å². The van der Waals surface area contributed by atoms with Crippen LogP contribution < -0.4 is 10.1 Å². The van der Waals surface area contributed by atoms with Crippen LogP contribution in [0.2, 0.25) is 0 Å². The molecule has 1 aromatic rings. The number of carbonyl (C=O) groups is 1. The standard InChI is InChI=1S/C16H23NO2/c1-3-9-16(10-5-8-15(18)17-12-16)13-6-4-7-14(11-13)19-2/h4,6-7,11H,3,5,8-10,12H2,1-2H3,(H,17,18). The molecule has 0 radical (unpaired) electrons. The molecule has 1 unspecified atom stereocenters. The Labute approximate surface area is 115 Å². The molecule has 1 heterocycles. The minimum atomic E-state index is 0.0649. The molecule has 1 aliphatic heterocycles. The van der Waals surface area contributed by atoms with Crippen molar-refractivity contribution in [2.45, 2.75) is 44.4 Å². The quantitative estimate of drug-likeness (QED) is 0.904.